The van der Waals surface area contributed by atoms with Crippen molar-refractivity contribution in [2.75, 3.05) is 0 Å². The van der Waals surface area contributed by atoms with Gasteiger partial charge in [0.1, 0.15) is 11.6 Å². The number of Topliss-reactive ketones (excluding diaryl/α,β-unsaturated/α-hetero) is 2. The molecule has 3 aliphatic carbocycles. The molecule has 3 saturated carbocycles. The molecule has 1 amide bonds. The van der Waals surface area contributed by atoms with E-state index in [1.165, 1.54) is 6.92 Å². The molecule has 224 valence electrons. The number of hydrogen-bond acceptors (Lipinski definition) is 6. The predicted octanol–water partition coefficient (Wildman–Crippen LogP) is 5.20. The lowest BCUT2D eigenvalue weighted by atomic mass is 9.43. The first kappa shape index (κ1) is 31.5. The van der Waals surface area contributed by atoms with Crippen LogP contribution in [0.4, 0.5) is 0 Å². The quantitative estimate of drug-likeness (QED) is 0.224. The Labute approximate surface area is 246 Å². The number of carbonyl (C=O) groups is 3. The third-order valence-electron chi connectivity index (χ3n) is 10.2. The van der Waals surface area contributed by atoms with Crippen LogP contribution in [0, 0.1) is 29.1 Å². The first-order chi connectivity index (χ1) is 19.3. The fourth-order valence-electron chi connectivity index (χ4n) is 7.51. The van der Waals surface area contributed by atoms with Gasteiger partial charge in [-0.15, -0.1) is 0 Å². The normalized spacial score (nSPS) is 28.1. The summed E-state index contributed by atoms with van der Waals surface area (Å²) in [6, 6.07) is 9.76. The molecule has 41 heavy (non-hydrogen) atoms. The Morgan fingerprint density at radius 1 is 1.12 bits per heavy atom. The summed E-state index contributed by atoms with van der Waals surface area (Å²) in [5, 5.41) is 3.27. The van der Waals surface area contributed by atoms with Crippen molar-refractivity contribution in [3.63, 3.8) is 0 Å². The molecule has 4 fully saturated rings. The van der Waals surface area contributed by atoms with Gasteiger partial charge in [0.05, 0.1) is 17.6 Å². The summed E-state index contributed by atoms with van der Waals surface area (Å²) in [5.41, 5.74) is 7.29. The van der Waals surface area contributed by atoms with Crippen LogP contribution in [0.15, 0.2) is 42.6 Å². The highest BCUT2D eigenvalue weighted by atomic mass is 16.7. The van der Waals surface area contributed by atoms with Gasteiger partial charge in [-0.25, -0.2) is 0 Å². The molecule has 0 spiro atoms. The molecule has 1 saturated heterocycles. The highest BCUT2D eigenvalue weighted by molar-refractivity contribution is 6.47. The van der Waals surface area contributed by atoms with E-state index in [0.717, 1.165) is 37.7 Å². The maximum absolute atomic E-state index is 13.9. The minimum atomic E-state index is -0.559. The van der Waals surface area contributed by atoms with E-state index < -0.39 is 19.0 Å². The number of benzene rings is 1. The number of unbranched alkanes of at least 4 members (excludes halogenated alkanes) is 1. The lowest BCUT2D eigenvalue weighted by molar-refractivity contribution is -0.199. The molecule has 2 bridgehead atoms. The summed E-state index contributed by atoms with van der Waals surface area (Å²) in [6.07, 6.45) is 5.96. The molecule has 1 aromatic rings. The van der Waals surface area contributed by atoms with Crippen LogP contribution in [0.5, 0.6) is 0 Å². The van der Waals surface area contributed by atoms with Crippen molar-refractivity contribution in [3.8, 4) is 0 Å². The molecule has 7 nitrogen and oxygen atoms in total. The van der Waals surface area contributed by atoms with Crippen LogP contribution in [0.25, 0.3) is 0 Å². The van der Waals surface area contributed by atoms with E-state index in [2.05, 4.69) is 32.7 Å². The molecule has 1 heterocycles. The monoisotopic (exact) mass is 564 g/mol. The lowest BCUT2D eigenvalue weighted by Gasteiger charge is -2.64. The average Bonchev–Trinajstić information content (AvgIpc) is 3.27. The van der Waals surface area contributed by atoms with Crippen LogP contribution in [-0.4, -0.2) is 42.2 Å². The van der Waals surface area contributed by atoms with Crippen LogP contribution in [0.1, 0.15) is 91.5 Å². The standard InChI is InChI=1S/C33H49BN2O5/c1-21(16-23(3)37)27(38)18-25(17-24-13-8-7-9-14-24)31(39)36-30(15-11-10-12-22(2)35)34-40-29-20-26-19-28(32(26,4)5)33(29,6)41-34/h7-9,13-14,21,25-26,28-30H,2,10-12,15-20,35H2,1,3-6H3,(H,36,39)/t21-,25-,26+,28+,29?,30+,33+/m1/s1. The predicted molar refractivity (Wildman–Crippen MR) is 162 cm³/mol. The Morgan fingerprint density at radius 3 is 2.46 bits per heavy atom. The van der Waals surface area contributed by atoms with E-state index in [4.69, 9.17) is 15.0 Å². The van der Waals surface area contributed by atoms with Gasteiger partial charge in [-0.3, -0.25) is 9.59 Å². The third kappa shape index (κ3) is 7.14. The summed E-state index contributed by atoms with van der Waals surface area (Å²) in [4.78, 5) is 38.7. The summed E-state index contributed by atoms with van der Waals surface area (Å²) >= 11 is 0. The van der Waals surface area contributed by atoms with Crippen LogP contribution in [0.2, 0.25) is 0 Å². The van der Waals surface area contributed by atoms with Gasteiger partial charge in [-0.05, 0) is 75.2 Å². The second kappa shape index (κ2) is 12.8. The number of allylic oxidation sites excluding steroid dienone is 1. The fourth-order valence-corrected chi connectivity index (χ4v) is 7.51. The molecule has 1 unspecified atom stereocenters. The van der Waals surface area contributed by atoms with Gasteiger partial charge >= 0.3 is 7.12 Å². The van der Waals surface area contributed by atoms with Gasteiger partial charge in [0.25, 0.3) is 0 Å². The van der Waals surface area contributed by atoms with Crippen molar-refractivity contribution < 1.29 is 23.7 Å². The number of rotatable bonds is 15. The van der Waals surface area contributed by atoms with Crippen LogP contribution >= 0.6 is 0 Å². The van der Waals surface area contributed by atoms with Gasteiger partial charge in [0, 0.05) is 30.4 Å². The van der Waals surface area contributed by atoms with Gasteiger partial charge in [0.15, 0.2) is 0 Å². The van der Waals surface area contributed by atoms with Crippen molar-refractivity contribution in [1.29, 1.82) is 0 Å². The maximum Gasteiger partial charge on any atom is 0.481 e. The van der Waals surface area contributed by atoms with Crippen LogP contribution < -0.4 is 11.1 Å². The van der Waals surface area contributed by atoms with E-state index in [0.29, 0.717) is 30.4 Å². The molecule has 1 aromatic carbocycles. The molecular weight excluding hydrogens is 515 g/mol. The summed E-state index contributed by atoms with van der Waals surface area (Å²) in [6.45, 7) is 13.9. The summed E-state index contributed by atoms with van der Waals surface area (Å²) in [7, 11) is -0.546. The molecule has 5 rings (SSSR count). The zero-order chi connectivity index (χ0) is 29.9. The molecule has 1 aliphatic heterocycles. The smallest absolute Gasteiger partial charge is 0.404 e. The van der Waals surface area contributed by atoms with E-state index in [-0.39, 0.29) is 53.4 Å². The van der Waals surface area contributed by atoms with Gasteiger partial charge in [-0.1, -0.05) is 64.1 Å². The van der Waals surface area contributed by atoms with E-state index >= 15 is 0 Å². The number of nitrogens with one attached hydrogen (secondary N) is 1. The summed E-state index contributed by atoms with van der Waals surface area (Å²) in [5.74, 6) is -0.539. The van der Waals surface area contributed by atoms with Crippen LogP contribution in [0.3, 0.4) is 0 Å². The average molecular weight is 565 g/mol. The number of amides is 1. The van der Waals surface area contributed by atoms with E-state index in [1.807, 2.05) is 30.3 Å². The highest BCUT2D eigenvalue weighted by Gasteiger charge is 2.68. The van der Waals surface area contributed by atoms with Crippen molar-refractivity contribution >= 4 is 24.6 Å². The third-order valence-corrected chi connectivity index (χ3v) is 10.2. The Balaban J connectivity index is 1.51. The molecule has 8 heteroatoms. The van der Waals surface area contributed by atoms with Gasteiger partial charge < -0.3 is 25.2 Å². The molecule has 0 aromatic heterocycles. The Morgan fingerprint density at radius 2 is 1.83 bits per heavy atom. The molecule has 4 aliphatic rings. The molecule has 3 N–H and O–H groups in total. The number of ketones is 2. The first-order valence-corrected chi connectivity index (χ1v) is 15.4. The maximum atomic E-state index is 13.9. The minimum absolute atomic E-state index is 0.0154. The lowest BCUT2D eigenvalue weighted by Crippen LogP contribution is -2.65. The molecular formula is C33H49BN2O5. The number of nitrogens with two attached hydrogens (primary N) is 1. The summed E-state index contributed by atoms with van der Waals surface area (Å²) < 4.78 is 13.3. The number of hydrogen-bond donors (Lipinski definition) is 2. The fraction of sp³-hybridized carbons (Fsp3) is 0.667. The molecule has 7 atom stereocenters. The SMILES string of the molecule is C=C(N)CCCC[C@H](NC(=O)[C@@H](CC(=O)[C@H](C)CC(C)=O)Cc1ccccc1)B1OC2C[C@@H]3C[C@@H](C3(C)C)[C@]2(C)O1. The van der Waals surface area contributed by atoms with Gasteiger partial charge in [-0.2, -0.15) is 0 Å². The van der Waals surface area contributed by atoms with Crippen molar-refractivity contribution in [3.05, 3.63) is 48.2 Å². The zero-order valence-corrected chi connectivity index (χ0v) is 25.6. The van der Waals surface area contributed by atoms with Crippen molar-refractivity contribution in [1.82, 2.24) is 5.32 Å². The van der Waals surface area contributed by atoms with E-state index in [9.17, 15) is 14.4 Å². The Bertz CT molecular complexity index is 1120. The zero-order valence-electron chi connectivity index (χ0n) is 25.6. The number of carbonyl (C=O) groups excluding carboxylic acids is 3. The second-order valence-electron chi connectivity index (χ2n) is 13.7. The second-order valence-corrected chi connectivity index (χ2v) is 13.7. The van der Waals surface area contributed by atoms with Crippen LogP contribution in [-0.2, 0) is 30.1 Å². The van der Waals surface area contributed by atoms with Crippen molar-refractivity contribution in [2.45, 2.75) is 110 Å². The largest absolute Gasteiger partial charge is 0.481 e. The minimum Gasteiger partial charge on any atom is -0.404 e. The molecule has 0 radical (unpaired) electrons. The Hall–Kier alpha value is -2.45. The highest BCUT2D eigenvalue weighted by Crippen LogP contribution is 2.65. The Kier molecular flexibility index (Phi) is 9.85. The van der Waals surface area contributed by atoms with E-state index in [1.54, 1.807) is 6.92 Å². The van der Waals surface area contributed by atoms with Crippen molar-refractivity contribution in [2.24, 2.45) is 34.8 Å². The van der Waals surface area contributed by atoms with Gasteiger partial charge in [0.2, 0.25) is 5.91 Å². The first-order valence-electron chi connectivity index (χ1n) is 15.4. The topological polar surface area (TPSA) is 108 Å².